The summed E-state index contributed by atoms with van der Waals surface area (Å²) in [7, 11) is 0. The maximum atomic E-state index is 12.7. The number of amides is 1. The van der Waals surface area contributed by atoms with Gasteiger partial charge >= 0.3 is 0 Å². The van der Waals surface area contributed by atoms with E-state index in [2.05, 4.69) is 21.5 Å². The fourth-order valence-electron chi connectivity index (χ4n) is 3.49. The third kappa shape index (κ3) is 2.84. The van der Waals surface area contributed by atoms with E-state index in [1.807, 2.05) is 39.5 Å². The van der Waals surface area contributed by atoms with Crippen molar-refractivity contribution in [1.29, 1.82) is 0 Å². The maximum Gasteiger partial charge on any atom is 0.228 e. The predicted molar refractivity (Wildman–Crippen MR) is 93.2 cm³/mol. The number of hydrogen-bond donors (Lipinski definition) is 0. The lowest BCUT2D eigenvalue weighted by molar-refractivity contribution is -0.132. The van der Waals surface area contributed by atoms with Crippen LogP contribution < -0.4 is 0 Å². The third-order valence-electron chi connectivity index (χ3n) is 4.68. The highest BCUT2D eigenvalue weighted by atomic mass is 32.1. The van der Waals surface area contributed by atoms with Crippen molar-refractivity contribution in [3.63, 3.8) is 0 Å². The van der Waals surface area contributed by atoms with Crippen LogP contribution >= 0.6 is 11.3 Å². The van der Waals surface area contributed by atoms with Gasteiger partial charge in [-0.2, -0.15) is 0 Å². The second kappa shape index (κ2) is 6.39. The zero-order chi connectivity index (χ0) is 16.5. The molecule has 0 aromatic carbocycles. The van der Waals surface area contributed by atoms with Crippen molar-refractivity contribution >= 4 is 22.2 Å². The minimum atomic E-state index is 0.170. The van der Waals surface area contributed by atoms with E-state index in [-0.39, 0.29) is 5.91 Å². The van der Waals surface area contributed by atoms with Crippen LogP contribution in [-0.4, -0.2) is 42.8 Å². The van der Waals surface area contributed by atoms with Gasteiger partial charge < -0.3 is 9.47 Å². The second-order valence-corrected chi connectivity index (χ2v) is 7.11. The molecule has 126 valence electrons. The first-order valence-corrected chi connectivity index (χ1v) is 9.33. The van der Waals surface area contributed by atoms with Crippen molar-refractivity contribution in [1.82, 2.24) is 23.8 Å². The topological polar surface area (TPSA) is 55.4 Å². The largest absolute Gasteiger partial charge is 0.340 e. The van der Waals surface area contributed by atoms with Crippen LogP contribution in [0.15, 0.2) is 30.2 Å². The number of aryl methyl sites for hydroxylation is 1. The van der Waals surface area contributed by atoms with Crippen molar-refractivity contribution in [2.75, 3.05) is 13.1 Å². The Morgan fingerprint density at radius 1 is 1.42 bits per heavy atom. The number of piperidine rings is 1. The van der Waals surface area contributed by atoms with Crippen LogP contribution in [-0.2, 0) is 17.6 Å². The Labute approximate surface area is 144 Å². The summed E-state index contributed by atoms with van der Waals surface area (Å²) in [4.78, 5) is 24.6. The van der Waals surface area contributed by atoms with Gasteiger partial charge in [0.2, 0.25) is 5.91 Å². The van der Waals surface area contributed by atoms with E-state index in [1.54, 1.807) is 11.3 Å². The molecule has 24 heavy (non-hydrogen) atoms. The summed E-state index contributed by atoms with van der Waals surface area (Å²) in [5.74, 6) is 1.27. The molecule has 7 heteroatoms. The smallest absolute Gasteiger partial charge is 0.228 e. The van der Waals surface area contributed by atoms with Crippen LogP contribution in [0.4, 0.5) is 0 Å². The van der Waals surface area contributed by atoms with Gasteiger partial charge in [0.25, 0.3) is 0 Å². The molecule has 0 unspecified atom stereocenters. The van der Waals surface area contributed by atoms with Crippen molar-refractivity contribution in [3.8, 4) is 0 Å². The Bertz CT molecular complexity index is 820. The Balaban J connectivity index is 1.45. The van der Waals surface area contributed by atoms with Gasteiger partial charge in [-0.25, -0.2) is 9.97 Å². The number of hydrogen-bond acceptors (Lipinski definition) is 4. The molecule has 4 heterocycles. The fraction of sp³-hybridized carbons (Fsp3) is 0.471. The second-order valence-electron chi connectivity index (χ2n) is 6.24. The minimum absolute atomic E-state index is 0.170. The number of thiazole rings is 1. The molecule has 0 spiro atoms. The van der Waals surface area contributed by atoms with Crippen molar-refractivity contribution in [3.05, 3.63) is 41.7 Å². The van der Waals surface area contributed by atoms with Crippen LogP contribution in [0.3, 0.4) is 0 Å². The number of nitrogens with zero attached hydrogens (tertiary/aromatic N) is 5. The number of carbonyl (C=O) groups is 1. The van der Waals surface area contributed by atoms with Crippen LogP contribution in [0.5, 0.6) is 0 Å². The quantitative estimate of drug-likeness (QED) is 0.731. The molecule has 1 saturated heterocycles. The summed E-state index contributed by atoms with van der Waals surface area (Å²) in [6, 6.07) is 0.339. The number of fused-ring (bicyclic) bond motifs is 1. The van der Waals surface area contributed by atoms with E-state index in [0.29, 0.717) is 12.5 Å². The average molecular weight is 343 g/mol. The normalized spacial score (nSPS) is 18.4. The molecule has 4 rings (SSSR count). The molecule has 6 nitrogen and oxygen atoms in total. The monoisotopic (exact) mass is 343 g/mol. The molecule has 0 radical (unpaired) electrons. The Hall–Kier alpha value is -2.15. The van der Waals surface area contributed by atoms with Gasteiger partial charge in [0.15, 0.2) is 4.96 Å². The summed E-state index contributed by atoms with van der Waals surface area (Å²) < 4.78 is 4.22. The summed E-state index contributed by atoms with van der Waals surface area (Å²) in [6.45, 7) is 3.73. The first-order chi connectivity index (χ1) is 11.7. The van der Waals surface area contributed by atoms with Gasteiger partial charge in [0.1, 0.15) is 5.82 Å². The zero-order valence-electron chi connectivity index (χ0n) is 13.8. The van der Waals surface area contributed by atoms with E-state index in [9.17, 15) is 4.79 Å². The molecule has 1 aliphatic heterocycles. The summed E-state index contributed by atoms with van der Waals surface area (Å²) >= 11 is 1.59. The maximum absolute atomic E-state index is 12.7. The first kappa shape index (κ1) is 15.4. The van der Waals surface area contributed by atoms with E-state index in [1.165, 1.54) is 0 Å². The molecule has 0 N–H and O–H groups in total. The Morgan fingerprint density at radius 2 is 2.33 bits per heavy atom. The van der Waals surface area contributed by atoms with Crippen molar-refractivity contribution in [2.45, 2.75) is 38.6 Å². The summed E-state index contributed by atoms with van der Waals surface area (Å²) in [6.07, 6.45) is 11.3. The fourth-order valence-corrected chi connectivity index (χ4v) is 4.21. The predicted octanol–water partition coefficient (Wildman–Crippen LogP) is 2.56. The SMILES string of the molecule is CCc1nccn1[C@H]1CCCN(C(=O)Cc2cn3ccsc3n2)C1. The number of imidazole rings is 2. The first-order valence-electron chi connectivity index (χ1n) is 8.45. The third-order valence-corrected chi connectivity index (χ3v) is 5.45. The lowest BCUT2D eigenvalue weighted by atomic mass is 10.0. The molecule has 3 aromatic rings. The van der Waals surface area contributed by atoms with Crippen LogP contribution in [0, 0.1) is 0 Å². The molecule has 1 aliphatic rings. The lowest BCUT2D eigenvalue weighted by Gasteiger charge is -2.34. The number of carbonyl (C=O) groups excluding carboxylic acids is 1. The highest BCUT2D eigenvalue weighted by Crippen LogP contribution is 2.23. The molecule has 1 amide bonds. The highest BCUT2D eigenvalue weighted by molar-refractivity contribution is 7.15. The Morgan fingerprint density at radius 3 is 3.17 bits per heavy atom. The van der Waals surface area contributed by atoms with E-state index < -0.39 is 0 Å². The number of aromatic nitrogens is 4. The van der Waals surface area contributed by atoms with Gasteiger partial charge in [0.05, 0.1) is 18.2 Å². The molecule has 0 bridgehead atoms. The van der Waals surface area contributed by atoms with Crippen molar-refractivity contribution in [2.24, 2.45) is 0 Å². The molecule has 1 fully saturated rings. The van der Waals surface area contributed by atoms with Crippen molar-refractivity contribution < 1.29 is 4.79 Å². The lowest BCUT2D eigenvalue weighted by Crippen LogP contribution is -2.41. The molecule has 3 aromatic heterocycles. The minimum Gasteiger partial charge on any atom is -0.340 e. The number of rotatable bonds is 4. The van der Waals surface area contributed by atoms with E-state index >= 15 is 0 Å². The van der Waals surface area contributed by atoms with E-state index in [0.717, 1.165) is 48.8 Å². The standard InChI is InChI=1S/C17H21N5OS/c1-2-15-18-5-7-22(15)14-4-3-6-20(12-14)16(23)10-13-11-21-8-9-24-17(21)19-13/h5,7-9,11,14H,2-4,6,10,12H2,1H3/t14-/m0/s1. The van der Waals surface area contributed by atoms with Gasteiger partial charge in [0, 0.05) is 49.7 Å². The molecule has 0 saturated carbocycles. The summed E-state index contributed by atoms with van der Waals surface area (Å²) in [5.41, 5.74) is 0.853. The van der Waals surface area contributed by atoms with Crippen LogP contribution in [0.2, 0.25) is 0 Å². The van der Waals surface area contributed by atoms with Crippen LogP contribution in [0.1, 0.15) is 37.3 Å². The van der Waals surface area contributed by atoms with Gasteiger partial charge in [-0.3, -0.25) is 9.20 Å². The zero-order valence-corrected chi connectivity index (χ0v) is 14.6. The molecular formula is C17H21N5OS. The molecule has 1 atom stereocenters. The van der Waals surface area contributed by atoms with Crippen LogP contribution in [0.25, 0.3) is 4.96 Å². The number of likely N-dealkylation sites (tertiary alicyclic amines) is 1. The van der Waals surface area contributed by atoms with Gasteiger partial charge in [-0.05, 0) is 12.8 Å². The van der Waals surface area contributed by atoms with E-state index in [4.69, 9.17) is 0 Å². The summed E-state index contributed by atoms with van der Waals surface area (Å²) in [5, 5.41) is 2.00. The Kier molecular flexibility index (Phi) is 4.10. The molecule has 0 aliphatic carbocycles. The highest BCUT2D eigenvalue weighted by Gasteiger charge is 2.26. The van der Waals surface area contributed by atoms with Gasteiger partial charge in [-0.15, -0.1) is 11.3 Å². The van der Waals surface area contributed by atoms with Gasteiger partial charge in [-0.1, -0.05) is 6.92 Å². The molecular weight excluding hydrogens is 322 g/mol. The average Bonchev–Trinajstić information content (AvgIpc) is 3.30.